The van der Waals surface area contributed by atoms with E-state index in [-0.39, 0.29) is 59.9 Å². The fraction of sp³-hybridized carbons (Fsp3) is 0.600. The minimum atomic E-state index is -1.16. The first-order valence-corrected chi connectivity index (χ1v) is 23.4. The van der Waals surface area contributed by atoms with E-state index in [1.54, 1.807) is 14.0 Å². The van der Waals surface area contributed by atoms with E-state index in [0.717, 1.165) is 93.6 Å². The molecule has 4 aliphatic heterocycles. The Bertz CT molecular complexity index is 2310. The summed E-state index contributed by atoms with van der Waals surface area (Å²) in [6.07, 6.45) is 11.4. The van der Waals surface area contributed by atoms with Crippen LogP contribution in [0.3, 0.4) is 0 Å². The number of piperidine rings is 1. The molecule has 13 nitrogen and oxygen atoms in total. The molecular formula is C50H62N2O11. The van der Waals surface area contributed by atoms with Gasteiger partial charge in [0.05, 0.1) is 54.5 Å². The van der Waals surface area contributed by atoms with Gasteiger partial charge in [-0.2, -0.15) is 0 Å². The van der Waals surface area contributed by atoms with Gasteiger partial charge in [-0.1, -0.05) is 30.6 Å². The molecule has 1 saturated heterocycles. The Morgan fingerprint density at radius 3 is 2.67 bits per heavy atom. The van der Waals surface area contributed by atoms with Gasteiger partial charge in [-0.05, 0) is 112 Å². The molecule has 2 aromatic carbocycles. The van der Waals surface area contributed by atoms with E-state index in [1.165, 1.54) is 0 Å². The lowest BCUT2D eigenvalue weighted by Crippen LogP contribution is -2.59. The number of carbonyl (C=O) groups is 3. The van der Waals surface area contributed by atoms with Crippen molar-refractivity contribution in [1.29, 1.82) is 0 Å². The monoisotopic (exact) mass is 866 g/mol. The molecule has 0 bridgehead atoms. The van der Waals surface area contributed by atoms with E-state index >= 15 is 0 Å². The lowest BCUT2D eigenvalue weighted by Gasteiger charge is -2.51. The molecular weight excluding hydrogens is 805 g/mol. The summed E-state index contributed by atoms with van der Waals surface area (Å²) in [5.41, 5.74) is 2.03. The van der Waals surface area contributed by atoms with Crippen LogP contribution in [0.1, 0.15) is 112 Å². The lowest BCUT2D eigenvalue weighted by atomic mass is 9.63. The summed E-state index contributed by atoms with van der Waals surface area (Å²) in [7, 11) is 1.73. The number of methoxy groups -OCH3 is 1. The number of hydrogen-bond acceptors (Lipinski definition) is 13. The van der Waals surface area contributed by atoms with Crippen molar-refractivity contribution in [2.75, 3.05) is 53.1 Å². The Morgan fingerprint density at radius 2 is 1.90 bits per heavy atom. The Balaban J connectivity index is 1.20. The van der Waals surface area contributed by atoms with E-state index < -0.39 is 42.7 Å². The highest BCUT2D eigenvalue weighted by molar-refractivity contribution is 6.11. The minimum absolute atomic E-state index is 0.00411. The van der Waals surface area contributed by atoms with Gasteiger partial charge in [0.15, 0.2) is 6.29 Å². The third-order valence-corrected chi connectivity index (χ3v) is 15.0. The second-order valence-electron chi connectivity index (χ2n) is 18.6. The molecule has 4 fully saturated rings. The number of hydrogen-bond donors (Lipinski definition) is 3. The van der Waals surface area contributed by atoms with Gasteiger partial charge in [-0.25, -0.2) is 4.79 Å². The van der Waals surface area contributed by atoms with Crippen molar-refractivity contribution >= 4 is 29.7 Å². The molecule has 3 saturated carbocycles. The normalized spacial score (nSPS) is 29.3. The predicted octanol–water partition coefficient (Wildman–Crippen LogP) is 4.41. The number of esters is 1. The zero-order chi connectivity index (χ0) is 43.8. The molecule has 0 radical (unpaired) electrons. The maximum atomic E-state index is 14.2. The number of ketones is 1. The number of nitrogens with zero attached hydrogens (tertiary/aromatic N) is 2. The van der Waals surface area contributed by atoms with Crippen LogP contribution in [0.4, 0.5) is 0 Å². The van der Waals surface area contributed by atoms with Crippen LogP contribution in [0.15, 0.2) is 40.1 Å². The van der Waals surface area contributed by atoms with Crippen LogP contribution in [-0.2, 0) is 36.9 Å². The number of allylic oxidation sites excluding steroid dienone is 3. The summed E-state index contributed by atoms with van der Waals surface area (Å²) < 4.78 is 31.5. The summed E-state index contributed by atoms with van der Waals surface area (Å²) in [5.74, 6) is -1.50. The first-order valence-electron chi connectivity index (χ1n) is 23.4. The smallest absolute Gasteiger partial charge is 0.375 e. The molecule has 6 unspecified atom stereocenters. The van der Waals surface area contributed by atoms with E-state index in [1.807, 2.05) is 24.3 Å². The zero-order valence-corrected chi connectivity index (χ0v) is 36.7. The Labute approximate surface area is 368 Å². The topological polar surface area (TPSA) is 174 Å². The van der Waals surface area contributed by atoms with Crippen LogP contribution >= 0.6 is 0 Å². The number of fused-ring (bicyclic) bond motifs is 4. The van der Waals surface area contributed by atoms with Crippen molar-refractivity contribution in [2.24, 2.45) is 22.7 Å². The molecule has 3 N–H and O–H groups in total. The fourth-order valence-corrected chi connectivity index (χ4v) is 12.0. The van der Waals surface area contributed by atoms with Crippen LogP contribution in [0.2, 0.25) is 0 Å². The number of likely N-dealkylation sites (tertiary alicyclic amines) is 1. The van der Waals surface area contributed by atoms with E-state index in [9.17, 15) is 29.7 Å². The second kappa shape index (κ2) is 18.6. The highest BCUT2D eigenvalue weighted by Gasteiger charge is 2.55. The Kier molecular flexibility index (Phi) is 12.9. The van der Waals surface area contributed by atoms with Crippen molar-refractivity contribution in [1.82, 2.24) is 4.90 Å². The molecule has 9 rings (SSSR count). The van der Waals surface area contributed by atoms with Crippen molar-refractivity contribution < 1.29 is 53.4 Å². The average molecular weight is 867 g/mol. The van der Waals surface area contributed by atoms with Crippen molar-refractivity contribution in [3.8, 4) is 17.2 Å². The molecule has 0 amide bonds. The summed E-state index contributed by atoms with van der Waals surface area (Å²) in [6.45, 7) is 4.74. The van der Waals surface area contributed by atoms with Gasteiger partial charge in [0.1, 0.15) is 34.7 Å². The summed E-state index contributed by atoms with van der Waals surface area (Å²) >= 11 is 0. The second-order valence-corrected chi connectivity index (χ2v) is 18.6. The highest BCUT2D eigenvalue weighted by Crippen LogP contribution is 2.58. The van der Waals surface area contributed by atoms with Crippen LogP contribution in [0.5, 0.6) is 17.2 Å². The highest BCUT2D eigenvalue weighted by atomic mass is 16.6. The molecule has 338 valence electrons. The summed E-state index contributed by atoms with van der Waals surface area (Å²) in [4.78, 5) is 48.7. The fourth-order valence-electron chi connectivity index (χ4n) is 12.0. The average Bonchev–Trinajstić information content (AvgIpc) is 3.97. The molecule has 4 heterocycles. The molecule has 63 heavy (non-hydrogen) atoms. The van der Waals surface area contributed by atoms with Gasteiger partial charge in [0.25, 0.3) is 0 Å². The van der Waals surface area contributed by atoms with Gasteiger partial charge in [0.2, 0.25) is 5.76 Å². The molecule has 13 heteroatoms. The Hall–Kier alpha value is -4.40. The molecule has 7 aliphatic rings. The summed E-state index contributed by atoms with van der Waals surface area (Å²) in [6, 6.07) is 5.79. The standard InChI is InChI=1S/C50H62N2O11/c1-3-60-49(57)48-37(27-54)42(32-22-33(26-53)44(56)35(23-32)29-12-13-40-30(21-29)14-17-51-40)43-46(61-34-10-5-4-6-11-34)36-24-41(62-45(36)38(28-55)47(43)63-48)50(58)16-7-9-31-25-52(18-8-20-59-2)19-15-39(31)50/h12-14,21,27,31,33-35,39,41,53,55,58H,3-11,15-20,22-26,28H2,1-2H3. The summed E-state index contributed by atoms with van der Waals surface area (Å²) in [5, 5.41) is 36.9. The van der Waals surface area contributed by atoms with Crippen LogP contribution in [-0.4, -0.2) is 109 Å². The maximum Gasteiger partial charge on any atom is 0.375 e. The first-order chi connectivity index (χ1) is 30.7. The third-order valence-electron chi connectivity index (χ3n) is 15.0. The van der Waals surface area contributed by atoms with Crippen molar-refractivity contribution in [3.05, 3.63) is 67.9 Å². The van der Waals surface area contributed by atoms with Crippen LogP contribution in [0, 0.1) is 17.8 Å². The van der Waals surface area contributed by atoms with Crippen molar-refractivity contribution in [3.63, 3.8) is 0 Å². The lowest BCUT2D eigenvalue weighted by molar-refractivity contribution is -0.151. The van der Waals surface area contributed by atoms with E-state index in [2.05, 4.69) is 9.89 Å². The zero-order valence-electron chi connectivity index (χ0n) is 36.7. The maximum absolute atomic E-state index is 14.2. The molecule has 2 aromatic rings. The first kappa shape index (κ1) is 43.8. The number of carbonyl (C=O) groups excluding carboxylic acids is 3. The van der Waals surface area contributed by atoms with Gasteiger partial charge in [-0.15, -0.1) is 0 Å². The third kappa shape index (κ3) is 8.06. The van der Waals surface area contributed by atoms with Crippen LogP contribution in [0.25, 0.3) is 11.6 Å². The van der Waals surface area contributed by atoms with Crippen molar-refractivity contribution in [2.45, 2.75) is 121 Å². The molecule has 6 atom stereocenters. The Morgan fingerprint density at radius 1 is 1.06 bits per heavy atom. The number of aliphatic hydroxyl groups excluding tert-OH is 2. The van der Waals surface area contributed by atoms with Gasteiger partial charge in [0, 0.05) is 56.2 Å². The van der Waals surface area contributed by atoms with E-state index in [4.69, 9.17) is 23.7 Å². The minimum Gasteiger partial charge on any atom is -0.489 e. The SMILES string of the molecule is CCOC(=O)C1=C(C=O)C(=C2CC(CO)C(=O)C(c3ccc4c(c3)=CCN=4)C2)c2c(c(CO)c3c(c2OC2CCCCC2)CC(C2(O)CCCC4CN(CCCOC)CCC42)O3)O1. The molecule has 0 spiro atoms. The number of ether oxygens (including phenoxy) is 5. The van der Waals surface area contributed by atoms with Gasteiger partial charge in [-0.3, -0.25) is 14.6 Å². The number of rotatable bonds is 13. The van der Waals surface area contributed by atoms with Gasteiger partial charge < -0.3 is 43.9 Å². The number of benzene rings is 2. The number of aldehydes is 1. The van der Waals surface area contributed by atoms with Gasteiger partial charge >= 0.3 is 5.97 Å². The van der Waals surface area contributed by atoms with Crippen LogP contribution < -0.4 is 24.8 Å². The molecule has 0 aromatic heterocycles. The largest absolute Gasteiger partial charge is 0.489 e. The van der Waals surface area contributed by atoms with E-state index in [0.29, 0.717) is 72.0 Å². The number of Topliss-reactive ketones (excluding diaryl/α,β-unsaturated/α-hetero) is 1. The number of aliphatic hydroxyl groups is 3. The predicted molar refractivity (Wildman–Crippen MR) is 233 cm³/mol. The molecule has 3 aliphatic carbocycles. The quantitative estimate of drug-likeness (QED) is 0.147.